The molecule has 0 saturated carbocycles. The molecule has 5 heteroatoms. The molecule has 0 aliphatic heterocycles. The Balaban J connectivity index is 3.68. The van der Waals surface area contributed by atoms with Crippen LogP contribution in [-0.4, -0.2) is 41.3 Å². The van der Waals surface area contributed by atoms with E-state index < -0.39 is 24.6 Å². The second-order valence-electron chi connectivity index (χ2n) is 7.65. The smallest absolute Gasteiger partial charge is 0.316 e. The molecule has 0 aromatic rings. The van der Waals surface area contributed by atoms with E-state index in [2.05, 4.69) is 19.1 Å². The van der Waals surface area contributed by atoms with Gasteiger partial charge in [0.2, 0.25) is 0 Å². The number of ketones is 1. The third-order valence-corrected chi connectivity index (χ3v) is 4.91. The minimum atomic E-state index is -1.09. The zero-order valence-corrected chi connectivity index (χ0v) is 18.0. The molecule has 0 aromatic heterocycles. The van der Waals surface area contributed by atoms with Gasteiger partial charge in [-0.3, -0.25) is 9.59 Å². The van der Waals surface area contributed by atoms with Crippen molar-refractivity contribution in [1.82, 2.24) is 0 Å². The number of allylic oxidation sites excluding steroid dienone is 2. The van der Waals surface area contributed by atoms with Crippen molar-refractivity contribution in [3.05, 3.63) is 12.2 Å². The van der Waals surface area contributed by atoms with E-state index in [0.717, 1.165) is 32.1 Å². The third-order valence-electron chi connectivity index (χ3n) is 4.91. The van der Waals surface area contributed by atoms with Gasteiger partial charge in [0.05, 0.1) is 6.61 Å². The highest BCUT2D eigenvalue weighted by molar-refractivity contribution is 5.97. The number of ether oxygens (including phenoxy) is 1. The molecule has 0 aliphatic rings. The van der Waals surface area contributed by atoms with Crippen molar-refractivity contribution in [2.24, 2.45) is 5.92 Å². The lowest BCUT2D eigenvalue weighted by Crippen LogP contribution is -2.29. The molecule has 0 bridgehead atoms. The van der Waals surface area contributed by atoms with Crippen molar-refractivity contribution < 1.29 is 24.5 Å². The number of unbranched alkanes of at least 4 members (excludes halogenated alkanes) is 10. The quantitative estimate of drug-likeness (QED) is 0.142. The predicted octanol–water partition coefficient (Wildman–Crippen LogP) is 4.74. The Morgan fingerprint density at radius 1 is 0.893 bits per heavy atom. The summed E-state index contributed by atoms with van der Waals surface area (Å²) in [6.45, 7) is 2.89. The largest absolute Gasteiger partial charge is 0.462 e. The summed E-state index contributed by atoms with van der Waals surface area (Å²) < 4.78 is 4.91. The lowest BCUT2D eigenvalue weighted by Gasteiger charge is -2.14. The van der Waals surface area contributed by atoms with Gasteiger partial charge in [-0.15, -0.1) is 0 Å². The van der Waals surface area contributed by atoms with Crippen LogP contribution >= 0.6 is 0 Å². The van der Waals surface area contributed by atoms with E-state index in [1.165, 1.54) is 51.9 Å². The van der Waals surface area contributed by atoms with Crippen LogP contribution in [0.1, 0.15) is 97.3 Å². The van der Waals surface area contributed by atoms with E-state index in [-0.39, 0.29) is 12.4 Å². The summed E-state index contributed by atoms with van der Waals surface area (Å²) in [4.78, 5) is 23.6. The first kappa shape index (κ1) is 26.8. The van der Waals surface area contributed by atoms with Gasteiger partial charge in [-0.25, -0.2) is 0 Å². The molecular formula is C23H42O5. The van der Waals surface area contributed by atoms with Crippen LogP contribution in [0.4, 0.5) is 0 Å². The van der Waals surface area contributed by atoms with E-state index >= 15 is 0 Å². The van der Waals surface area contributed by atoms with Crippen molar-refractivity contribution in [2.75, 3.05) is 13.2 Å². The van der Waals surface area contributed by atoms with Crippen LogP contribution in [0.25, 0.3) is 0 Å². The summed E-state index contributed by atoms with van der Waals surface area (Å²) in [7, 11) is 0. The molecule has 0 fully saturated rings. The van der Waals surface area contributed by atoms with Crippen LogP contribution in [-0.2, 0) is 14.3 Å². The van der Waals surface area contributed by atoms with E-state index in [0.29, 0.717) is 6.42 Å². The molecule has 0 heterocycles. The van der Waals surface area contributed by atoms with Gasteiger partial charge in [-0.2, -0.15) is 0 Å². The highest BCUT2D eigenvalue weighted by atomic mass is 16.5. The first-order valence-electron chi connectivity index (χ1n) is 11.1. The molecule has 0 aromatic carbocycles. The molecule has 0 amide bonds. The molecule has 28 heavy (non-hydrogen) atoms. The predicted molar refractivity (Wildman–Crippen MR) is 113 cm³/mol. The minimum absolute atomic E-state index is 0.207. The van der Waals surface area contributed by atoms with E-state index in [1.807, 2.05) is 0 Å². The fraction of sp³-hybridized carbons (Fsp3) is 0.826. The lowest BCUT2D eigenvalue weighted by atomic mass is 9.97. The topological polar surface area (TPSA) is 83.8 Å². The van der Waals surface area contributed by atoms with Gasteiger partial charge >= 0.3 is 5.97 Å². The summed E-state index contributed by atoms with van der Waals surface area (Å²) in [6, 6.07) is 0. The van der Waals surface area contributed by atoms with E-state index in [4.69, 9.17) is 9.84 Å². The molecule has 2 atom stereocenters. The number of aliphatic hydroxyl groups excluding tert-OH is 2. The first-order chi connectivity index (χ1) is 13.5. The van der Waals surface area contributed by atoms with E-state index in [9.17, 15) is 14.7 Å². The average Bonchev–Trinajstić information content (AvgIpc) is 2.68. The minimum Gasteiger partial charge on any atom is -0.462 e. The third kappa shape index (κ3) is 15.8. The standard InChI is InChI=1S/C23H42O5/c1-3-4-5-6-7-8-9-10-11-12-13-14-15-16-17-22(20(2)25)23(27)28-19-21(26)18-24/h10-11,21-22,24,26H,3-9,12-19H2,1-2H3/b11-10-. The molecule has 2 unspecified atom stereocenters. The van der Waals surface area contributed by atoms with Crippen LogP contribution < -0.4 is 0 Å². The van der Waals surface area contributed by atoms with Gasteiger partial charge in [-0.05, 0) is 39.0 Å². The number of Topliss-reactive ketones (excluding diaryl/α,β-unsaturated/α-hetero) is 1. The Hall–Kier alpha value is -1.20. The second kappa shape index (κ2) is 19.1. The SMILES string of the molecule is CCCCCCCC/C=C\CCCCCCC(C(C)=O)C(=O)OCC(O)CO. The normalized spacial score (nSPS) is 13.6. The number of carbonyl (C=O) groups excluding carboxylic acids is 2. The summed E-state index contributed by atoms with van der Waals surface area (Å²) >= 11 is 0. The Bertz CT molecular complexity index is 419. The Morgan fingerprint density at radius 2 is 1.43 bits per heavy atom. The van der Waals surface area contributed by atoms with Crippen LogP contribution in [0.2, 0.25) is 0 Å². The van der Waals surface area contributed by atoms with Crippen LogP contribution in [0, 0.1) is 5.92 Å². The maximum atomic E-state index is 11.9. The number of carbonyl (C=O) groups is 2. The Labute approximate surface area is 171 Å². The number of rotatable bonds is 19. The van der Waals surface area contributed by atoms with Crippen LogP contribution in [0.3, 0.4) is 0 Å². The van der Waals surface area contributed by atoms with Crippen molar-refractivity contribution in [1.29, 1.82) is 0 Å². The molecule has 2 N–H and O–H groups in total. The molecule has 0 rings (SSSR count). The highest BCUT2D eigenvalue weighted by Gasteiger charge is 2.24. The van der Waals surface area contributed by atoms with Crippen molar-refractivity contribution in [3.63, 3.8) is 0 Å². The zero-order chi connectivity index (χ0) is 21.0. The van der Waals surface area contributed by atoms with Gasteiger partial charge in [0.1, 0.15) is 24.4 Å². The van der Waals surface area contributed by atoms with Gasteiger partial charge in [0.25, 0.3) is 0 Å². The molecule has 0 spiro atoms. The number of hydrogen-bond donors (Lipinski definition) is 2. The Kier molecular flexibility index (Phi) is 18.3. The molecule has 5 nitrogen and oxygen atoms in total. The Morgan fingerprint density at radius 3 is 1.96 bits per heavy atom. The van der Waals surface area contributed by atoms with Crippen LogP contribution in [0.15, 0.2) is 12.2 Å². The first-order valence-corrected chi connectivity index (χ1v) is 11.1. The average molecular weight is 399 g/mol. The highest BCUT2D eigenvalue weighted by Crippen LogP contribution is 2.15. The van der Waals surface area contributed by atoms with E-state index in [1.54, 1.807) is 0 Å². The fourth-order valence-corrected chi connectivity index (χ4v) is 3.06. The fourth-order valence-electron chi connectivity index (χ4n) is 3.06. The zero-order valence-electron chi connectivity index (χ0n) is 18.0. The molecule has 0 radical (unpaired) electrons. The maximum Gasteiger partial charge on any atom is 0.316 e. The van der Waals surface area contributed by atoms with Gasteiger partial charge in [0, 0.05) is 0 Å². The molecule has 164 valence electrons. The maximum absolute atomic E-state index is 11.9. The summed E-state index contributed by atoms with van der Waals surface area (Å²) in [5.74, 6) is -1.57. The van der Waals surface area contributed by atoms with Crippen molar-refractivity contribution in [2.45, 2.75) is 103 Å². The molecular weight excluding hydrogens is 356 g/mol. The number of aliphatic hydroxyl groups is 2. The monoisotopic (exact) mass is 398 g/mol. The lowest BCUT2D eigenvalue weighted by molar-refractivity contribution is -0.155. The van der Waals surface area contributed by atoms with Gasteiger partial charge < -0.3 is 14.9 Å². The van der Waals surface area contributed by atoms with Gasteiger partial charge in [-0.1, -0.05) is 70.4 Å². The summed E-state index contributed by atoms with van der Waals surface area (Å²) in [5, 5.41) is 17.9. The number of esters is 1. The van der Waals surface area contributed by atoms with Crippen molar-refractivity contribution in [3.8, 4) is 0 Å². The second-order valence-corrected chi connectivity index (χ2v) is 7.65. The summed E-state index contributed by atoms with van der Waals surface area (Å²) in [5.41, 5.74) is 0. The van der Waals surface area contributed by atoms with Crippen LogP contribution in [0.5, 0.6) is 0 Å². The van der Waals surface area contributed by atoms with Gasteiger partial charge in [0.15, 0.2) is 0 Å². The summed E-state index contributed by atoms with van der Waals surface area (Å²) in [6.07, 6.45) is 18.3. The molecule has 0 aliphatic carbocycles. The number of hydrogen-bond acceptors (Lipinski definition) is 5. The van der Waals surface area contributed by atoms with Crippen molar-refractivity contribution >= 4 is 11.8 Å². The molecule has 0 saturated heterocycles.